The van der Waals surface area contributed by atoms with Gasteiger partial charge < -0.3 is 16.6 Å². The van der Waals surface area contributed by atoms with E-state index in [9.17, 15) is 9.90 Å². The topological polar surface area (TPSA) is 115 Å². The number of aromatic hydroxyl groups is 1. The summed E-state index contributed by atoms with van der Waals surface area (Å²) in [6, 6.07) is 4.98. The minimum Gasteiger partial charge on any atom is -0.508 e. The summed E-state index contributed by atoms with van der Waals surface area (Å²) in [5.41, 5.74) is 16.9. The van der Waals surface area contributed by atoms with Crippen LogP contribution < -0.4 is 11.5 Å². The minimum atomic E-state index is -0.630. The van der Waals surface area contributed by atoms with Crippen molar-refractivity contribution in [2.24, 2.45) is 5.73 Å². The molecule has 1 amide bonds. The van der Waals surface area contributed by atoms with Crippen LogP contribution in [0.3, 0.4) is 0 Å². The summed E-state index contributed by atoms with van der Waals surface area (Å²) < 4.78 is 0. The van der Waals surface area contributed by atoms with Crippen molar-refractivity contribution >= 4 is 22.6 Å². The van der Waals surface area contributed by atoms with E-state index in [4.69, 9.17) is 11.5 Å². The van der Waals surface area contributed by atoms with Crippen molar-refractivity contribution in [2.75, 3.05) is 5.73 Å². The second-order valence-corrected chi connectivity index (χ2v) is 5.86. The Balaban J connectivity index is 2.54. The maximum atomic E-state index is 11.8. The van der Waals surface area contributed by atoms with E-state index in [1.165, 1.54) is 0 Å². The lowest BCUT2D eigenvalue weighted by atomic mass is 9.91. The number of nitrogens with two attached hydrogens (primary N) is 2. The predicted octanol–water partition coefficient (Wildman–Crippen LogP) is 2.61. The van der Waals surface area contributed by atoms with Crippen LogP contribution >= 0.6 is 0 Å². The van der Waals surface area contributed by atoms with E-state index in [1.54, 1.807) is 31.3 Å². The molecule has 1 heterocycles. The summed E-state index contributed by atoms with van der Waals surface area (Å²) in [4.78, 5) is 20.7. The van der Waals surface area contributed by atoms with Gasteiger partial charge in [0, 0.05) is 11.8 Å². The van der Waals surface area contributed by atoms with Crippen LogP contribution in [0.15, 0.2) is 24.4 Å². The van der Waals surface area contributed by atoms with Crippen molar-refractivity contribution in [2.45, 2.75) is 20.8 Å². The largest absolute Gasteiger partial charge is 0.508 e. The monoisotopic (exact) mass is 322 g/mol. The number of aromatic nitrogens is 2. The molecule has 0 saturated heterocycles. The number of aryl methyl sites for hydroxylation is 2. The zero-order valence-electron chi connectivity index (χ0n) is 13.7. The van der Waals surface area contributed by atoms with Gasteiger partial charge in [0.25, 0.3) is 5.91 Å². The van der Waals surface area contributed by atoms with Crippen molar-refractivity contribution in [3.63, 3.8) is 0 Å². The fourth-order valence-corrected chi connectivity index (χ4v) is 2.94. The quantitative estimate of drug-likeness (QED) is 0.627. The SMILES string of the molecule is Cc1cnc2c(-c3c(C)ccc(O)c3C)c(N)c(C(N)=O)cc2n1. The van der Waals surface area contributed by atoms with Crippen molar-refractivity contribution in [1.82, 2.24) is 9.97 Å². The highest BCUT2D eigenvalue weighted by Gasteiger charge is 2.21. The first-order valence-corrected chi connectivity index (χ1v) is 7.46. The summed E-state index contributed by atoms with van der Waals surface area (Å²) in [6.45, 7) is 5.52. The van der Waals surface area contributed by atoms with Gasteiger partial charge >= 0.3 is 0 Å². The normalized spacial score (nSPS) is 11.0. The Morgan fingerprint density at radius 1 is 1.17 bits per heavy atom. The summed E-state index contributed by atoms with van der Waals surface area (Å²) in [7, 11) is 0. The van der Waals surface area contributed by atoms with Gasteiger partial charge in [0.1, 0.15) is 5.75 Å². The number of benzene rings is 2. The average molecular weight is 322 g/mol. The number of carbonyl (C=O) groups is 1. The number of nitrogen functional groups attached to an aromatic ring is 1. The molecule has 3 rings (SSSR count). The number of hydrogen-bond acceptors (Lipinski definition) is 5. The highest BCUT2D eigenvalue weighted by atomic mass is 16.3. The van der Waals surface area contributed by atoms with Crippen LogP contribution in [0.2, 0.25) is 0 Å². The number of primary amides is 1. The molecule has 0 aliphatic carbocycles. The highest BCUT2D eigenvalue weighted by Crippen LogP contribution is 2.40. The lowest BCUT2D eigenvalue weighted by Crippen LogP contribution is -2.15. The van der Waals surface area contributed by atoms with E-state index in [0.29, 0.717) is 22.2 Å². The molecule has 0 fully saturated rings. The van der Waals surface area contributed by atoms with Crippen molar-refractivity contribution in [3.05, 3.63) is 46.8 Å². The molecule has 6 nitrogen and oxygen atoms in total. The number of nitrogens with zero attached hydrogens (tertiary/aromatic N) is 2. The van der Waals surface area contributed by atoms with Crippen LogP contribution in [0.25, 0.3) is 22.2 Å². The molecule has 122 valence electrons. The molecule has 0 unspecified atom stereocenters. The van der Waals surface area contributed by atoms with Crippen LogP contribution in [0.1, 0.15) is 27.2 Å². The Kier molecular flexibility index (Phi) is 3.60. The minimum absolute atomic E-state index is 0.146. The zero-order valence-corrected chi connectivity index (χ0v) is 13.7. The van der Waals surface area contributed by atoms with E-state index in [2.05, 4.69) is 9.97 Å². The van der Waals surface area contributed by atoms with Crippen molar-refractivity contribution < 1.29 is 9.90 Å². The van der Waals surface area contributed by atoms with E-state index >= 15 is 0 Å². The number of fused-ring (bicyclic) bond motifs is 1. The van der Waals surface area contributed by atoms with Crippen molar-refractivity contribution in [1.29, 1.82) is 0 Å². The van der Waals surface area contributed by atoms with Gasteiger partial charge in [0.15, 0.2) is 0 Å². The van der Waals surface area contributed by atoms with Gasteiger partial charge in [0.05, 0.1) is 28.0 Å². The highest BCUT2D eigenvalue weighted by molar-refractivity contribution is 6.10. The number of phenolic OH excluding ortho intramolecular Hbond substituents is 1. The van der Waals surface area contributed by atoms with E-state index in [1.807, 2.05) is 13.8 Å². The lowest BCUT2D eigenvalue weighted by Gasteiger charge is -2.17. The fraction of sp³-hybridized carbons (Fsp3) is 0.167. The predicted molar refractivity (Wildman–Crippen MR) is 93.8 cm³/mol. The van der Waals surface area contributed by atoms with Gasteiger partial charge in [-0.05, 0) is 49.6 Å². The number of amides is 1. The molecule has 1 aromatic heterocycles. The van der Waals surface area contributed by atoms with E-state index in [-0.39, 0.29) is 17.0 Å². The first-order chi connectivity index (χ1) is 11.3. The molecule has 0 atom stereocenters. The van der Waals surface area contributed by atoms with Crippen LogP contribution in [-0.2, 0) is 0 Å². The third kappa shape index (κ3) is 2.32. The number of phenols is 1. The van der Waals surface area contributed by atoms with Crippen LogP contribution in [0.4, 0.5) is 5.69 Å². The molecule has 0 aliphatic heterocycles. The van der Waals surface area contributed by atoms with Crippen LogP contribution in [-0.4, -0.2) is 21.0 Å². The Labute approximate surface area is 139 Å². The molecule has 5 N–H and O–H groups in total. The lowest BCUT2D eigenvalue weighted by molar-refractivity contribution is 0.100. The van der Waals surface area contributed by atoms with Gasteiger partial charge in [-0.3, -0.25) is 9.78 Å². The first-order valence-electron chi connectivity index (χ1n) is 7.46. The molecular weight excluding hydrogens is 304 g/mol. The molecule has 0 spiro atoms. The standard InChI is InChI=1S/C18H18N4O2/c1-8-4-5-13(23)10(3)14(8)15-16(19)11(18(20)24)6-12-17(15)21-7-9(2)22-12/h4-7,23H,19H2,1-3H3,(H2,20,24). The number of carbonyl (C=O) groups excluding carboxylic acids is 1. The Hall–Kier alpha value is -3.15. The zero-order chi connectivity index (χ0) is 17.6. The number of rotatable bonds is 2. The Morgan fingerprint density at radius 2 is 1.88 bits per heavy atom. The third-order valence-electron chi connectivity index (χ3n) is 4.16. The molecule has 0 radical (unpaired) electrons. The Morgan fingerprint density at radius 3 is 2.54 bits per heavy atom. The smallest absolute Gasteiger partial charge is 0.250 e. The van der Waals surface area contributed by atoms with Gasteiger partial charge in [-0.1, -0.05) is 6.07 Å². The number of hydrogen-bond donors (Lipinski definition) is 3. The van der Waals surface area contributed by atoms with Gasteiger partial charge in [-0.2, -0.15) is 0 Å². The second kappa shape index (κ2) is 5.49. The molecule has 0 saturated carbocycles. The first kappa shape index (κ1) is 15.7. The van der Waals surface area contributed by atoms with Crippen LogP contribution in [0.5, 0.6) is 5.75 Å². The van der Waals surface area contributed by atoms with Gasteiger partial charge in [-0.15, -0.1) is 0 Å². The van der Waals surface area contributed by atoms with E-state index < -0.39 is 5.91 Å². The summed E-state index contributed by atoms with van der Waals surface area (Å²) >= 11 is 0. The summed E-state index contributed by atoms with van der Waals surface area (Å²) in [5, 5.41) is 10.1. The Bertz CT molecular complexity index is 996. The van der Waals surface area contributed by atoms with Crippen LogP contribution in [0, 0.1) is 20.8 Å². The van der Waals surface area contributed by atoms with Crippen molar-refractivity contribution in [3.8, 4) is 16.9 Å². The second-order valence-electron chi connectivity index (χ2n) is 5.86. The van der Waals surface area contributed by atoms with Gasteiger partial charge in [0.2, 0.25) is 0 Å². The van der Waals surface area contributed by atoms with Gasteiger partial charge in [-0.25, -0.2) is 4.98 Å². The van der Waals surface area contributed by atoms with E-state index in [0.717, 1.165) is 16.8 Å². The molecule has 0 bridgehead atoms. The fourth-order valence-electron chi connectivity index (χ4n) is 2.94. The molecule has 3 aromatic rings. The molecule has 6 heteroatoms. The molecule has 0 aliphatic rings. The maximum absolute atomic E-state index is 11.8. The third-order valence-corrected chi connectivity index (χ3v) is 4.16. The molecule has 2 aromatic carbocycles. The average Bonchev–Trinajstić information content (AvgIpc) is 2.52. The summed E-state index contributed by atoms with van der Waals surface area (Å²) in [5.74, 6) is -0.484. The summed E-state index contributed by atoms with van der Waals surface area (Å²) in [6.07, 6.45) is 1.64. The maximum Gasteiger partial charge on any atom is 0.250 e. The number of anilines is 1. The molecular formula is C18H18N4O2. The molecule has 24 heavy (non-hydrogen) atoms.